The van der Waals surface area contributed by atoms with Gasteiger partial charge in [-0.3, -0.25) is 4.57 Å². The second kappa shape index (κ2) is 5.41. The van der Waals surface area contributed by atoms with Crippen molar-refractivity contribution in [1.82, 2.24) is 0 Å². The normalized spacial score (nSPS) is 14.6. The summed E-state index contributed by atoms with van der Waals surface area (Å²) in [5.41, 5.74) is 1.26. The topological polar surface area (TPSA) is 66.8 Å². The van der Waals surface area contributed by atoms with E-state index in [1.165, 1.54) is 6.92 Å². The highest BCUT2D eigenvalue weighted by Crippen LogP contribution is 2.57. The summed E-state index contributed by atoms with van der Waals surface area (Å²) in [6.07, 6.45) is 0. The van der Waals surface area contributed by atoms with E-state index in [0.29, 0.717) is 11.3 Å². The van der Waals surface area contributed by atoms with Crippen LogP contribution in [0, 0.1) is 6.92 Å². The molecule has 0 aliphatic rings. The summed E-state index contributed by atoms with van der Waals surface area (Å²) in [5, 5.41) is -1.71. The Bertz CT molecular complexity index is 635. The van der Waals surface area contributed by atoms with E-state index < -0.39 is 12.9 Å². The van der Waals surface area contributed by atoms with Crippen LogP contribution in [0.15, 0.2) is 54.6 Å². The molecule has 0 aliphatic carbocycles. The largest absolute Gasteiger partial charge is 0.470 e. The Labute approximate surface area is 118 Å². The van der Waals surface area contributed by atoms with Gasteiger partial charge < -0.3 is 14.5 Å². The Morgan fingerprint density at radius 3 is 2.10 bits per heavy atom. The molecule has 0 amide bonds. The van der Waals surface area contributed by atoms with Gasteiger partial charge in [0.1, 0.15) is 5.75 Å². The molecule has 2 rings (SSSR count). The van der Waals surface area contributed by atoms with Crippen molar-refractivity contribution in [3.63, 3.8) is 0 Å². The number of rotatable bonds is 4. The summed E-state index contributed by atoms with van der Waals surface area (Å²) >= 11 is 0. The van der Waals surface area contributed by atoms with Crippen LogP contribution in [-0.2, 0) is 9.91 Å². The molecule has 1 atom stereocenters. The summed E-state index contributed by atoms with van der Waals surface area (Å²) in [4.78, 5) is 19.5. The van der Waals surface area contributed by atoms with Gasteiger partial charge in [-0.25, -0.2) is 0 Å². The Balaban J connectivity index is 2.50. The van der Waals surface area contributed by atoms with Gasteiger partial charge >= 0.3 is 7.60 Å². The van der Waals surface area contributed by atoms with Gasteiger partial charge in [0.2, 0.25) is 5.34 Å². The summed E-state index contributed by atoms with van der Waals surface area (Å²) < 4.78 is 17.7. The average molecular weight is 292 g/mol. The molecule has 2 aromatic carbocycles. The van der Waals surface area contributed by atoms with E-state index in [9.17, 15) is 14.4 Å². The first-order chi connectivity index (χ1) is 9.34. The standard InChI is InChI=1S/C15H17O4P/c1-12-8-6-7-11-14(12)19-15(2,20(16,17)18)13-9-4-3-5-10-13/h3-11H,1-2H3,(H2,16,17,18). The van der Waals surface area contributed by atoms with Gasteiger partial charge in [0.25, 0.3) is 0 Å². The second-order valence-corrected chi connectivity index (χ2v) is 6.70. The Morgan fingerprint density at radius 1 is 1.00 bits per heavy atom. The monoisotopic (exact) mass is 292 g/mol. The molecule has 5 heteroatoms. The predicted molar refractivity (Wildman–Crippen MR) is 77.6 cm³/mol. The summed E-state index contributed by atoms with van der Waals surface area (Å²) in [7, 11) is -4.52. The van der Waals surface area contributed by atoms with Crippen molar-refractivity contribution < 1.29 is 19.1 Å². The third-order valence-corrected chi connectivity index (χ3v) is 4.73. The molecule has 0 spiro atoms. The molecule has 0 aromatic heterocycles. The molecule has 0 saturated heterocycles. The quantitative estimate of drug-likeness (QED) is 0.847. The van der Waals surface area contributed by atoms with Crippen LogP contribution in [0.25, 0.3) is 0 Å². The van der Waals surface area contributed by atoms with E-state index in [2.05, 4.69) is 0 Å². The third kappa shape index (κ3) is 2.78. The van der Waals surface area contributed by atoms with Crippen LogP contribution in [0.2, 0.25) is 0 Å². The fourth-order valence-corrected chi connectivity index (χ4v) is 2.62. The molecule has 20 heavy (non-hydrogen) atoms. The molecular formula is C15H17O4P. The van der Waals surface area contributed by atoms with Crippen molar-refractivity contribution >= 4 is 7.60 Å². The maximum absolute atomic E-state index is 11.9. The highest BCUT2D eigenvalue weighted by atomic mass is 31.2. The zero-order valence-electron chi connectivity index (χ0n) is 11.4. The van der Waals surface area contributed by atoms with Crippen LogP contribution >= 0.6 is 7.60 Å². The van der Waals surface area contributed by atoms with Crippen LogP contribution in [-0.4, -0.2) is 9.79 Å². The van der Waals surface area contributed by atoms with Crippen LogP contribution in [0.4, 0.5) is 0 Å². The van der Waals surface area contributed by atoms with Crippen molar-refractivity contribution in [3.05, 3.63) is 65.7 Å². The first-order valence-corrected chi connectivity index (χ1v) is 7.81. The molecule has 0 saturated carbocycles. The lowest BCUT2D eigenvalue weighted by molar-refractivity contribution is 0.133. The number of hydrogen-bond donors (Lipinski definition) is 2. The van der Waals surface area contributed by atoms with E-state index in [1.807, 2.05) is 19.1 Å². The number of para-hydroxylation sites is 1. The third-order valence-electron chi connectivity index (χ3n) is 3.27. The van der Waals surface area contributed by atoms with Gasteiger partial charge in [-0.05, 0) is 25.5 Å². The molecule has 0 aliphatic heterocycles. The summed E-state index contributed by atoms with van der Waals surface area (Å²) in [6.45, 7) is 3.25. The molecule has 0 heterocycles. The van der Waals surface area contributed by atoms with Gasteiger partial charge in [-0.2, -0.15) is 0 Å². The maximum Gasteiger partial charge on any atom is 0.373 e. The first-order valence-electron chi connectivity index (χ1n) is 6.20. The van der Waals surface area contributed by atoms with E-state index in [0.717, 1.165) is 5.56 Å². The smallest absolute Gasteiger partial charge is 0.373 e. The van der Waals surface area contributed by atoms with Crippen molar-refractivity contribution in [3.8, 4) is 5.75 Å². The second-order valence-electron chi connectivity index (χ2n) is 4.76. The number of benzene rings is 2. The van der Waals surface area contributed by atoms with Crippen molar-refractivity contribution in [2.75, 3.05) is 0 Å². The van der Waals surface area contributed by atoms with Gasteiger partial charge in [0.05, 0.1) is 0 Å². The molecule has 2 N–H and O–H groups in total. The molecule has 2 aromatic rings. The molecule has 106 valence electrons. The van der Waals surface area contributed by atoms with E-state index in [4.69, 9.17) is 4.74 Å². The highest BCUT2D eigenvalue weighted by molar-refractivity contribution is 7.52. The lowest BCUT2D eigenvalue weighted by Gasteiger charge is -2.32. The van der Waals surface area contributed by atoms with E-state index in [-0.39, 0.29) is 0 Å². The SMILES string of the molecule is Cc1ccccc1OC(C)(c1ccccc1)P(=O)(O)O. The minimum Gasteiger partial charge on any atom is -0.470 e. The molecule has 1 unspecified atom stereocenters. The average Bonchev–Trinajstić information content (AvgIpc) is 2.41. The lowest BCUT2D eigenvalue weighted by Crippen LogP contribution is -2.29. The molecular weight excluding hydrogens is 275 g/mol. The van der Waals surface area contributed by atoms with Crippen molar-refractivity contribution in [2.24, 2.45) is 0 Å². The molecule has 4 nitrogen and oxygen atoms in total. The first kappa shape index (κ1) is 14.8. The Kier molecular flexibility index (Phi) is 4.00. The predicted octanol–water partition coefficient (Wildman–Crippen LogP) is 3.42. The van der Waals surface area contributed by atoms with Crippen LogP contribution < -0.4 is 4.74 Å². The van der Waals surface area contributed by atoms with Crippen molar-refractivity contribution in [1.29, 1.82) is 0 Å². The van der Waals surface area contributed by atoms with Crippen molar-refractivity contribution in [2.45, 2.75) is 19.2 Å². The van der Waals surface area contributed by atoms with Gasteiger partial charge in [0, 0.05) is 5.56 Å². The maximum atomic E-state index is 11.9. The van der Waals surface area contributed by atoms with Crippen LogP contribution in [0.1, 0.15) is 18.1 Å². The van der Waals surface area contributed by atoms with Gasteiger partial charge in [-0.1, -0.05) is 48.5 Å². The molecule has 0 radical (unpaired) electrons. The molecule has 0 fully saturated rings. The lowest BCUT2D eigenvalue weighted by atomic mass is 10.1. The minimum atomic E-state index is -4.52. The van der Waals surface area contributed by atoms with E-state index >= 15 is 0 Å². The zero-order valence-corrected chi connectivity index (χ0v) is 12.2. The number of ether oxygens (including phenoxy) is 1. The number of aryl methyl sites for hydroxylation is 1. The summed E-state index contributed by atoms with van der Waals surface area (Å²) in [6, 6.07) is 15.7. The Hall–Kier alpha value is -1.61. The molecule has 0 bridgehead atoms. The minimum absolute atomic E-state index is 0.441. The van der Waals surface area contributed by atoms with Gasteiger partial charge in [-0.15, -0.1) is 0 Å². The zero-order chi connectivity index (χ0) is 14.8. The summed E-state index contributed by atoms with van der Waals surface area (Å²) in [5.74, 6) is 0.460. The Morgan fingerprint density at radius 2 is 1.55 bits per heavy atom. The van der Waals surface area contributed by atoms with Crippen LogP contribution in [0.3, 0.4) is 0 Å². The fraction of sp³-hybridized carbons (Fsp3) is 0.200. The highest BCUT2D eigenvalue weighted by Gasteiger charge is 2.46. The fourth-order valence-electron chi connectivity index (χ4n) is 1.92. The van der Waals surface area contributed by atoms with Gasteiger partial charge in [0.15, 0.2) is 0 Å². The van der Waals surface area contributed by atoms with E-state index in [1.54, 1.807) is 42.5 Å². The number of hydrogen-bond acceptors (Lipinski definition) is 2. The van der Waals surface area contributed by atoms with Crippen LogP contribution in [0.5, 0.6) is 5.75 Å².